The first kappa shape index (κ1) is 20.9. The molecule has 0 saturated carbocycles. The molecule has 4 aromatic rings. The van der Waals surface area contributed by atoms with Crippen LogP contribution in [0.2, 0.25) is 0 Å². The predicted octanol–water partition coefficient (Wildman–Crippen LogP) is 5.41. The fourth-order valence-corrected chi connectivity index (χ4v) is 4.78. The lowest BCUT2D eigenvalue weighted by Crippen LogP contribution is -2.29. The first-order valence-electron chi connectivity index (χ1n) is 9.49. The normalized spacial score (nSPS) is 11.8. The highest BCUT2D eigenvalue weighted by atomic mass is 32.1. The van der Waals surface area contributed by atoms with Crippen molar-refractivity contribution in [2.75, 3.05) is 5.32 Å². The van der Waals surface area contributed by atoms with Crippen molar-refractivity contribution in [2.45, 2.75) is 20.0 Å². The van der Waals surface area contributed by atoms with Gasteiger partial charge in [0.15, 0.2) is 11.9 Å². The second-order valence-corrected chi connectivity index (χ2v) is 8.94. The second-order valence-electron chi connectivity index (χ2n) is 6.82. The van der Waals surface area contributed by atoms with Gasteiger partial charge in [0.25, 0.3) is 5.91 Å². The number of nitrogens with one attached hydrogen (secondary N) is 1. The summed E-state index contributed by atoms with van der Waals surface area (Å²) in [5.74, 6) is -1.15. The van der Waals surface area contributed by atoms with E-state index in [1.54, 1.807) is 41.7 Å². The zero-order valence-electron chi connectivity index (χ0n) is 16.7. The summed E-state index contributed by atoms with van der Waals surface area (Å²) in [5, 5.41) is 3.50. The van der Waals surface area contributed by atoms with Crippen LogP contribution in [0.25, 0.3) is 20.1 Å². The van der Waals surface area contributed by atoms with E-state index >= 15 is 0 Å². The molecule has 6 nitrogen and oxygen atoms in total. The lowest BCUT2D eigenvalue weighted by atomic mass is 10.1. The van der Waals surface area contributed by atoms with Crippen LogP contribution in [0, 0.1) is 0 Å². The SMILES string of the molecule is CC(=O)c1cccc(NC(=O)C(C)OC(=O)c2ccc(-c3nc4ccccc4s3)s2)c1. The predicted molar refractivity (Wildman–Crippen MR) is 123 cm³/mol. The average Bonchev–Trinajstić information content (AvgIpc) is 3.41. The third-order valence-corrected chi connectivity index (χ3v) is 6.77. The van der Waals surface area contributed by atoms with E-state index in [1.165, 1.54) is 25.2 Å². The van der Waals surface area contributed by atoms with Crippen molar-refractivity contribution in [2.24, 2.45) is 0 Å². The monoisotopic (exact) mass is 450 g/mol. The number of para-hydroxylation sites is 1. The molecule has 0 saturated heterocycles. The number of amides is 1. The summed E-state index contributed by atoms with van der Waals surface area (Å²) in [6.45, 7) is 2.96. The summed E-state index contributed by atoms with van der Waals surface area (Å²) in [5.41, 5.74) is 1.87. The van der Waals surface area contributed by atoms with Crippen molar-refractivity contribution >= 4 is 56.2 Å². The number of nitrogens with zero attached hydrogens (tertiary/aromatic N) is 1. The number of rotatable bonds is 6. The fraction of sp³-hybridized carbons (Fsp3) is 0.130. The van der Waals surface area contributed by atoms with E-state index in [0.29, 0.717) is 16.1 Å². The number of anilines is 1. The number of Topliss-reactive ketones (excluding diaryl/α,β-unsaturated/α-hetero) is 1. The van der Waals surface area contributed by atoms with E-state index in [2.05, 4.69) is 10.3 Å². The van der Waals surface area contributed by atoms with Crippen LogP contribution in [0.3, 0.4) is 0 Å². The van der Waals surface area contributed by atoms with Gasteiger partial charge < -0.3 is 10.1 Å². The molecule has 0 radical (unpaired) electrons. The van der Waals surface area contributed by atoms with Gasteiger partial charge in [0, 0.05) is 11.3 Å². The summed E-state index contributed by atoms with van der Waals surface area (Å²) < 4.78 is 6.41. The average molecular weight is 451 g/mol. The second kappa shape index (κ2) is 8.79. The van der Waals surface area contributed by atoms with Gasteiger partial charge in [-0.3, -0.25) is 9.59 Å². The van der Waals surface area contributed by atoms with Gasteiger partial charge in [0.1, 0.15) is 9.88 Å². The highest BCUT2D eigenvalue weighted by Gasteiger charge is 2.21. The summed E-state index contributed by atoms with van der Waals surface area (Å²) in [6, 6.07) is 18.0. The summed E-state index contributed by atoms with van der Waals surface area (Å²) in [7, 11) is 0. The molecule has 2 heterocycles. The molecule has 2 aromatic carbocycles. The number of esters is 1. The van der Waals surface area contributed by atoms with Crippen LogP contribution < -0.4 is 5.32 Å². The number of thiazole rings is 1. The third kappa shape index (κ3) is 4.70. The molecule has 1 atom stereocenters. The van der Waals surface area contributed by atoms with Gasteiger partial charge in [-0.1, -0.05) is 24.3 Å². The quantitative estimate of drug-likeness (QED) is 0.314. The summed E-state index contributed by atoms with van der Waals surface area (Å²) >= 11 is 2.83. The van der Waals surface area contributed by atoms with E-state index < -0.39 is 18.0 Å². The minimum absolute atomic E-state index is 0.0998. The Morgan fingerprint density at radius 1 is 1.00 bits per heavy atom. The highest BCUT2D eigenvalue weighted by molar-refractivity contribution is 7.26. The number of carbonyl (C=O) groups is 3. The molecule has 1 N–H and O–H groups in total. The number of fused-ring (bicyclic) bond motifs is 1. The van der Waals surface area contributed by atoms with Crippen molar-refractivity contribution in [1.29, 1.82) is 0 Å². The Bertz CT molecular complexity index is 1260. The van der Waals surface area contributed by atoms with Crippen LogP contribution in [0.1, 0.15) is 33.9 Å². The molecule has 1 amide bonds. The molecule has 8 heteroatoms. The van der Waals surface area contributed by atoms with Crippen LogP contribution >= 0.6 is 22.7 Å². The molecule has 0 fully saturated rings. The molecule has 156 valence electrons. The number of ketones is 1. The number of hydrogen-bond donors (Lipinski definition) is 1. The number of aromatic nitrogens is 1. The van der Waals surface area contributed by atoms with Crippen LogP contribution in [0.4, 0.5) is 5.69 Å². The first-order valence-corrected chi connectivity index (χ1v) is 11.1. The Kier molecular flexibility index (Phi) is 5.92. The molecule has 0 aliphatic rings. The lowest BCUT2D eigenvalue weighted by Gasteiger charge is -2.13. The number of hydrogen-bond acceptors (Lipinski definition) is 7. The lowest BCUT2D eigenvalue weighted by molar-refractivity contribution is -0.123. The Hall–Kier alpha value is -3.36. The zero-order chi connectivity index (χ0) is 22.0. The molecule has 31 heavy (non-hydrogen) atoms. The zero-order valence-corrected chi connectivity index (χ0v) is 18.4. The third-order valence-electron chi connectivity index (χ3n) is 4.50. The van der Waals surface area contributed by atoms with Gasteiger partial charge in [0.2, 0.25) is 0 Å². The maximum absolute atomic E-state index is 12.5. The Morgan fingerprint density at radius 3 is 2.58 bits per heavy atom. The first-order chi connectivity index (χ1) is 14.9. The molecule has 0 bridgehead atoms. The number of carbonyl (C=O) groups excluding carboxylic acids is 3. The van der Waals surface area contributed by atoms with E-state index in [9.17, 15) is 14.4 Å². The maximum Gasteiger partial charge on any atom is 0.349 e. The van der Waals surface area contributed by atoms with Crippen molar-refractivity contribution in [3.8, 4) is 9.88 Å². The number of benzene rings is 2. The summed E-state index contributed by atoms with van der Waals surface area (Å²) in [4.78, 5) is 42.3. The van der Waals surface area contributed by atoms with Gasteiger partial charge in [-0.15, -0.1) is 22.7 Å². The van der Waals surface area contributed by atoms with Crippen molar-refractivity contribution in [3.63, 3.8) is 0 Å². The Morgan fingerprint density at radius 2 is 1.81 bits per heavy atom. The standard InChI is InChI=1S/C23H18N2O4S2/c1-13(26)15-6-5-7-16(12-15)24-21(27)14(2)29-23(28)20-11-10-19(30-20)22-25-17-8-3-4-9-18(17)31-22/h3-12,14H,1-2H3,(H,24,27). The topological polar surface area (TPSA) is 85.4 Å². The van der Waals surface area contributed by atoms with Crippen LogP contribution in [-0.2, 0) is 9.53 Å². The molecule has 0 aliphatic carbocycles. The molecule has 0 aliphatic heterocycles. The minimum atomic E-state index is -0.999. The molecule has 4 rings (SSSR count). The van der Waals surface area contributed by atoms with Gasteiger partial charge in [-0.05, 0) is 50.2 Å². The fourth-order valence-electron chi connectivity index (χ4n) is 2.87. The van der Waals surface area contributed by atoms with E-state index in [0.717, 1.165) is 20.1 Å². The van der Waals surface area contributed by atoms with E-state index in [1.807, 2.05) is 30.3 Å². The smallest absolute Gasteiger partial charge is 0.349 e. The van der Waals surface area contributed by atoms with Crippen molar-refractivity contribution < 1.29 is 19.1 Å². The molecule has 0 spiro atoms. The van der Waals surface area contributed by atoms with Crippen LogP contribution in [0.15, 0.2) is 60.7 Å². The Balaban J connectivity index is 1.41. The Labute approximate surface area is 186 Å². The van der Waals surface area contributed by atoms with E-state index in [4.69, 9.17) is 4.74 Å². The molecular formula is C23H18N2O4S2. The van der Waals surface area contributed by atoms with Crippen molar-refractivity contribution in [3.05, 3.63) is 71.1 Å². The van der Waals surface area contributed by atoms with E-state index in [-0.39, 0.29) is 5.78 Å². The largest absolute Gasteiger partial charge is 0.448 e. The molecular weight excluding hydrogens is 432 g/mol. The highest BCUT2D eigenvalue weighted by Crippen LogP contribution is 2.34. The number of thiophene rings is 1. The molecule has 2 aromatic heterocycles. The van der Waals surface area contributed by atoms with Gasteiger partial charge in [-0.2, -0.15) is 0 Å². The van der Waals surface area contributed by atoms with Crippen LogP contribution in [0.5, 0.6) is 0 Å². The minimum Gasteiger partial charge on any atom is -0.448 e. The summed E-state index contributed by atoms with van der Waals surface area (Å²) in [6.07, 6.45) is -0.999. The maximum atomic E-state index is 12.5. The molecule has 1 unspecified atom stereocenters. The number of ether oxygens (including phenoxy) is 1. The van der Waals surface area contributed by atoms with Gasteiger partial charge in [-0.25, -0.2) is 9.78 Å². The van der Waals surface area contributed by atoms with Crippen molar-refractivity contribution in [1.82, 2.24) is 4.98 Å². The van der Waals surface area contributed by atoms with Gasteiger partial charge in [0.05, 0.1) is 15.1 Å². The van der Waals surface area contributed by atoms with Gasteiger partial charge >= 0.3 is 5.97 Å². The van der Waals surface area contributed by atoms with Crippen LogP contribution in [-0.4, -0.2) is 28.7 Å².